The second-order valence-electron chi connectivity index (χ2n) is 9.83. The Morgan fingerprint density at radius 1 is 0.921 bits per heavy atom. The van der Waals surface area contributed by atoms with Gasteiger partial charge < -0.3 is 10.2 Å². The number of carbonyl (C=O) groups excluding carboxylic acids is 3. The predicted octanol–water partition coefficient (Wildman–Crippen LogP) is 4.16. The zero-order valence-electron chi connectivity index (χ0n) is 22.1. The summed E-state index contributed by atoms with van der Waals surface area (Å²) in [6.07, 6.45) is 2.54. The highest BCUT2D eigenvalue weighted by Crippen LogP contribution is 2.24. The zero-order valence-corrected chi connectivity index (χ0v) is 22.1. The summed E-state index contributed by atoms with van der Waals surface area (Å²) in [5.41, 5.74) is 5.15. The van der Waals surface area contributed by atoms with Gasteiger partial charge in [0.25, 0.3) is 0 Å². The van der Waals surface area contributed by atoms with E-state index in [-0.39, 0.29) is 18.2 Å². The van der Waals surface area contributed by atoms with Crippen LogP contribution in [0.1, 0.15) is 44.0 Å². The van der Waals surface area contributed by atoms with Gasteiger partial charge in [0.1, 0.15) is 6.04 Å². The van der Waals surface area contributed by atoms with E-state index in [9.17, 15) is 14.4 Å². The Morgan fingerprint density at radius 2 is 1.58 bits per heavy atom. The van der Waals surface area contributed by atoms with Crippen LogP contribution < -0.4 is 10.8 Å². The summed E-state index contributed by atoms with van der Waals surface area (Å²) in [5.74, 6) is -1.88. The van der Waals surface area contributed by atoms with Gasteiger partial charge in [-0.3, -0.25) is 24.6 Å². The van der Waals surface area contributed by atoms with E-state index in [1.165, 1.54) is 0 Å². The summed E-state index contributed by atoms with van der Waals surface area (Å²) in [5, 5.41) is 11.9. The number of hydrogen-bond donors (Lipinski definition) is 3. The molecule has 0 aliphatic carbocycles. The number of rotatable bonds is 12. The van der Waals surface area contributed by atoms with Crippen molar-refractivity contribution in [1.29, 1.82) is 0 Å². The number of benzene rings is 2. The van der Waals surface area contributed by atoms with Gasteiger partial charge >= 0.3 is 0 Å². The summed E-state index contributed by atoms with van der Waals surface area (Å²) >= 11 is 0. The van der Waals surface area contributed by atoms with Gasteiger partial charge in [-0.1, -0.05) is 74.5 Å². The molecule has 1 unspecified atom stereocenters. The van der Waals surface area contributed by atoms with E-state index in [0.717, 1.165) is 16.8 Å². The van der Waals surface area contributed by atoms with Gasteiger partial charge in [0, 0.05) is 44.2 Å². The smallest absolute Gasteiger partial charge is 0.249 e. The number of nitrogens with zero attached hydrogens (tertiary/aromatic N) is 2. The zero-order chi connectivity index (χ0) is 27.5. The fourth-order valence-electron chi connectivity index (χ4n) is 4.33. The second-order valence-corrected chi connectivity index (χ2v) is 9.83. The van der Waals surface area contributed by atoms with E-state index >= 15 is 0 Å². The molecular weight excluding hydrogens is 480 g/mol. The van der Waals surface area contributed by atoms with Gasteiger partial charge in [0.2, 0.25) is 17.7 Å². The van der Waals surface area contributed by atoms with Crippen LogP contribution in [0.15, 0.2) is 79.0 Å². The maximum atomic E-state index is 13.7. The Balaban J connectivity index is 1.85. The first-order chi connectivity index (χ1) is 18.3. The monoisotopic (exact) mass is 516 g/mol. The van der Waals surface area contributed by atoms with Gasteiger partial charge in [-0.05, 0) is 41.2 Å². The van der Waals surface area contributed by atoms with Crippen molar-refractivity contribution in [3.63, 3.8) is 0 Å². The number of aromatic nitrogens is 1. The van der Waals surface area contributed by atoms with E-state index in [1.54, 1.807) is 23.6 Å². The fraction of sp³-hybridized carbons (Fsp3) is 0.333. The number of amides is 3. The van der Waals surface area contributed by atoms with Crippen LogP contribution in [0, 0.1) is 11.8 Å². The number of carbonyl (C=O) groups is 3. The SMILES string of the molecule is CC(C)C[C@H](CC(=O)NO)C(=O)NC(C(=O)N(C)CCc1ccccn1)c1ccc(-c2ccccc2)cc1. The first kappa shape index (κ1) is 28.5. The Kier molecular flexibility index (Phi) is 10.5. The molecule has 200 valence electrons. The van der Waals surface area contributed by atoms with Crippen LogP contribution in [0.3, 0.4) is 0 Å². The number of hydrogen-bond acceptors (Lipinski definition) is 5. The van der Waals surface area contributed by atoms with Crippen LogP contribution in [0.25, 0.3) is 11.1 Å². The average molecular weight is 517 g/mol. The quantitative estimate of drug-likeness (QED) is 0.247. The van der Waals surface area contributed by atoms with Crippen molar-refractivity contribution < 1.29 is 19.6 Å². The first-order valence-electron chi connectivity index (χ1n) is 12.8. The standard InChI is InChI=1S/C30H36N4O4/c1-21(2)19-25(20-27(35)33-38)29(36)32-28(30(37)34(3)18-16-26-11-7-8-17-31-26)24-14-12-23(13-15-24)22-9-5-4-6-10-22/h4-15,17,21,25,28,38H,16,18-20H2,1-3H3,(H,32,36)(H,33,35)/t25-,28?/m1/s1. The Morgan fingerprint density at radius 3 is 2.18 bits per heavy atom. The minimum absolute atomic E-state index is 0.137. The lowest BCUT2D eigenvalue weighted by Crippen LogP contribution is -2.44. The van der Waals surface area contributed by atoms with Crippen molar-refractivity contribution in [2.75, 3.05) is 13.6 Å². The van der Waals surface area contributed by atoms with Crippen LogP contribution in [0.4, 0.5) is 0 Å². The van der Waals surface area contributed by atoms with Crippen LogP contribution in [0.5, 0.6) is 0 Å². The van der Waals surface area contributed by atoms with Crippen molar-refractivity contribution in [3.05, 3.63) is 90.3 Å². The highest BCUT2D eigenvalue weighted by Gasteiger charge is 2.30. The normalized spacial score (nSPS) is 12.4. The van der Waals surface area contributed by atoms with E-state index in [0.29, 0.717) is 24.9 Å². The molecule has 1 aromatic heterocycles. The average Bonchev–Trinajstić information content (AvgIpc) is 2.94. The van der Waals surface area contributed by atoms with Gasteiger partial charge in [0.05, 0.1) is 0 Å². The van der Waals surface area contributed by atoms with Crippen molar-refractivity contribution in [1.82, 2.24) is 20.7 Å². The largest absolute Gasteiger partial charge is 0.343 e. The number of pyridine rings is 1. The second kappa shape index (κ2) is 14.0. The van der Waals surface area contributed by atoms with Gasteiger partial charge in [0.15, 0.2) is 0 Å². The summed E-state index contributed by atoms with van der Waals surface area (Å²) in [4.78, 5) is 44.8. The molecule has 0 radical (unpaired) electrons. The van der Waals surface area contributed by atoms with E-state index < -0.39 is 23.8 Å². The lowest BCUT2D eigenvalue weighted by molar-refractivity contribution is -0.138. The molecule has 0 spiro atoms. The Labute approximate surface area is 224 Å². The lowest BCUT2D eigenvalue weighted by atomic mass is 9.92. The molecule has 3 amide bonds. The molecule has 0 bridgehead atoms. The van der Waals surface area contributed by atoms with Crippen molar-refractivity contribution >= 4 is 17.7 Å². The van der Waals surface area contributed by atoms with Crippen molar-refractivity contribution in [2.45, 2.75) is 39.2 Å². The number of likely N-dealkylation sites (N-methyl/N-ethyl adjacent to an activating group) is 1. The van der Waals surface area contributed by atoms with Crippen LogP contribution >= 0.6 is 0 Å². The summed E-state index contributed by atoms with van der Waals surface area (Å²) < 4.78 is 0. The molecule has 0 saturated carbocycles. The highest BCUT2D eigenvalue weighted by atomic mass is 16.5. The Hall–Kier alpha value is -4.04. The molecule has 2 aromatic carbocycles. The lowest BCUT2D eigenvalue weighted by Gasteiger charge is -2.27. The first-order valence-corrected chi connectivity index (χ1v) is 12.8. The summed E-state index contributed by atoms with van der Waals surface area (Å²) in [6.45, 7) is 4.33. The maximum absolute atomic E-state index is 13.7. The van der Waals surface area contributed by atoms with Gasteiger partial charge in [-0.25, -0.2) is 5.48 Å². The minimum atomic E-state index is -0.937. The molecular formula is C30H36N4O4. The Bertz CT molecular complexity index is 1180. The molecule has 8 nitrogen and oxygen atoms in total. The third-order valence-corrected chi connectivity index (χ3v) is 6.37. The van der Waals surface area contributed by atoms with E-state index in [2.05, 4.69) is 10.3 Å². The van der Waals surface area contributed by atoms with E-state index in [4.69, 9.17) is 5.21 Å². The molecule has 1 heterocycles. The molecule has 3 N–H and O–H groups in total. The minimum Gasteiger partial charge on any atom is -0.343 e. The summed E-state index contributed by atoms with van der Waals surface area (Å²) in [6, 6.07) is 22.1. The molecule has 0 fully saturated rings. The molecule has 38 heavy (non-hydrogen) atoms. The molecule has 0 aliphatic heterocycles. The highest BCUT2D eigenvalue weighted by molar-refractivity contribution is 5.91. The van der Waals surface area contributed by atoms with Gasteiger partial charge in [-0.2, -0.15) is 0 Å². The molecule has 0 saturated heterocycles. The molecule has 2 atom stereocenters. The topological polar surface area (TPSA) is 112 Å². The van der Waals surface area contributed by atoms with E-state index in [1.807, 2.05) is 86.6 Å². The number of hydroxylamine groups is 1. The van der Waals surface area contributed by atoms with Crippen LogP contribution in [-0.2, 0) is 20.8 Å². The van der Waals surface area contributed by atoms with Gasteiger partial charge in [-0.15, -0.1) is 0 Å². The third kappa shape index (κ3) is 8.24. The molecule has 3 rings (SSSR count). The maximum Gasteiger partial charge on any atom is 0.249 e. The molecule has 3 aromatic rings. The van der Waals surface area contributed by atoms with Crippen molar-refractivity contribution in [2.24, 2.45) is 11.8 Å². The van der Waals surface area contributed by atoms with Crippen LogP contribution in [0.2, 0.25) is 0 Å². The third-order valence-electron chi connectivity index (χ3n) is 6.37. The van der Waals surface area contributed by atoms with Crippen molar-refractivity contribution in [3.8, 4) is 11.1 Å². The molecule has 0 aliphatic rings. The van der Waals surface area contributed by atoms with Crippen LogP contribution in [-0.4, -0.2) is 46.4 Å². The number of nitrogens with one attached hydrogen (secondary N) is 2. The summed E-state index contributed by atoms with van der Waals surface area (Å²) in [7, 11) is 1.70. The predicted molar refractivity (Wildman–Crippen MR) is 146 cm³/mol. The fourth-order valence-corrected chi connectivity index (χ4v) is 4.33. The molecule has 8 heteroatoms.